The van der Waals surface area contributed by atoms with Crippen molar-refractivity contribution in [1.29, 1.82) is 0 Å². The Morgan fingerprint density at radius 2 is 1.38 bits per heavy atom. The van der Waals surface area contributed by atoms with Gasteiger partial charge in [-0.25, -0.2) is 0 Å². The van der Waals surface area contributed by atoms with Crippen molar-refractivity contribution in [3.63, 3.8) is 0 Å². The molecular formula is C19H12BrCl. The Bertz CT molecular complexity index is 1020. The lowest BCUT2D eigenvalue weighted by atomic mass is 9.94. The molecule has 0 nitrogen and oxygen atoms in total. The van der Waals surface area contributed by atoms with Gasteiger partial charge in [-0.2, -0.15) is 0 Å². The van der Waals surface area contributed by atoms with Crippen LogP contribution in [0.1, 0.15) is 5.56 Å². The van der Waals surface area contributed by atoms with Gasteiger partial charge in [0.25, 0.3) is 0 Å². The van der Waals surface area contributed by atoms with Crippen LogP contribution in [-0.2, 0) is 0 Å². The first-order valence-electron chi connectivity index (χ1n) is 6.85. The van der Waals surface area contributed by atoms with Gasteiger partial charge in [-0.05, 0) is 63.0 Å². The van der Waals surface area contributed by atoms with Crippen LogP contribution in [0.2, 0.25) is 5.02 Å². The van der Waals surface area contributed by atoms with E-state index in [4.69, 9.17) is 11.6 Å². The van der Waals surface area contributed by atoms with Gasteiger partial charge in [0.1, 0.15) is 0 Å². The minimum atomic E-state index is 0.771. The van der Waals surface area contributed by atoms with Gasteiger partial charge >= 0.3 is 0 Å². The highest BCUT2D eigenvalue weighted by molar-refractivity contribution is 9.10. The largest absolute Gasteiger partial charge is 0.0843 e. The lowest BCUT2D eigenvalue weighted by Crippen LogP contribution is -1.85. The SMILES string of the molecule is Cc1cc2c3cc(Cl)ccc3c(Br)cc2c2ccccc12. The molecule has 0 saturated heterocycles. The van der Waals surface area contributed by atoms with E-state index in [0.717, 1.165) is 9.50 Å². The van der Waals surface area contributed by atoms with Crippen molar-refractivity contribution in [1.82, 2.24) is 0 Å². The first-order valence-corrected chi connectivity index (χ1v) is 8.02. The smallest absolute Gasteiger partial charge is 0.0412 e. The number of hydrogen-bond donors (Lipinski definition) is 0. The first-order chi connectivity index (χ1) is 10.1. The highest BCUT2D eigenvalue weighted by Crippen LogP contribution is 2.38. The molecule has 0 aliphatic heterocycles. The van der Waals surface area contributed by atoms with Gasteiger partial charge < -0.3 is 0 Å². The van der Waals surface area contributed by atoms with Crippen LogP contribution in [0.25, 0.3) is 32.3 Å². The Hall–Kier alpha value is -1.57. The number of aryl methyl sites for hydroxylation is 1. The minimum Gasteiger partial charge on any atom is -0.0843 e. The van der Waals surface area contributed by atoms with Crippen molar-refractivity contribution < 1.29 is 0 Å². The van der Waals surface area contributed by atoms with Crippen molar-refractivity contribution in [3.05, 3.63) is 69.7 Å². The van der Waals surface area contributed by atoms with E-state index in [1.807, 2.05) is 6.07 Å². The highest BCUT2D eigenvalue weighted by atomic mass is 79.9. The molecule has 0 spiro atoms. The van der Waals surface area contributed by atoms with Crippen LogP contribution in [0.5, 0.6) is 0 Å². The summed E-state index contributed by atoms with van der Waals surface area (Å²) in [6, 6.07) is 19.1. The van der Waals surface area contributed by atoms with Gasteiger partial charge in [-0.3, -0.25) is 0 Å². The molecular weight excluding hydrogens is 344 g/mol. The zero-order chi connectivity index (χ0) is 14.6. The predicted molar refractivity (Wildman–Crippen MR) is 96.4 cm³/mol. The summed E-state index contributed by atoms with van der Waals surface area (Å²) < 4.78 is 1.11. The van der Waals surface area contributed by atoms with Crippen LogP contribution in [-0.4, -0.2) is 0 Å². The summed E-state index contributed by atoms with van der Waals surface area (Å²) in [7, 11) is 0. The van der Waals surface area contributed by atoms with E-state index in [0.29, 0.717) is 0 Å². The molecule has 21 heavy (non-hydrogen) atoms. The number of halogens is 2. The van der Waals surface area contributed by atoms with Crippen LogP contribution < -0.4 is 0 Å². The maximum absolute atomic E-state index is 6.21. The summed E-state index contributed by atoms with van der Waals surface area (Å²) in [6.45, 7) is 2.17. The van der Waals surface area contributed by atoms with Gasteiger partial charge in [0.15, 0.2) is 0 Å². The van der Waals surface area contributed by atoms with Crippen LogP contribution in [0.3, 0.4) is 0 Å². The standard InChI is InChI=1S/C19H12BrCl/c1-11-8-16-17-9-12(21)6-7-15(17)19(20)10-18(16)14-5-3-2-4-13(11)14/h2-10H,1H3. The fourth-order valence-corrected chi connectivity index (χ4v) is 3.86. The van der Waals surface area contributed by atoms with E-state index in [1.54, 1.807) is 0 Å². The zero-order valence-electron chi connectivity index (χ0n) is 11.5. The second kappa shape index (κ2) is 4.72. The Balaban J connectivity index is 2.35. The third-order valence-corrected chi connectivity index (χ3v) is 4.98. The van der Waals surface area contributed by atoms with Crippen LogP contribution >= 0.6 is 27.5 Å². The molecule has 0 amide bonds. The topological polar surface area (TPSA) is 0 Å². The molecule has 0 N–H and O–H groups in total. The summed E-state index contributed by atoms with van der Waals surface area (Å²) in [4.78, 5) is 0. The van der Waals surface area contributed by atoms with E-state index in [-0.39, 0.29) is 0 Å². The monoisotopic (exact) mass is 354 g/mol. The predicted octanol–water partition coefficient (Wildman–Crippen LogP) is 6.87. The lowest BCUT2D eigenvalue weighted by molar-refractivity contribution is 1.56. The molecule has 0 aromatic heterocycles. The molecule has 0 radical (unpaired) electrons. The molecule has 4 rings (SSSR count). The molecule has 2 heteroatoms. The molecule has 0 fully saturated rings. The molecule has 4 aromatic rings. The molecule has 0 aliphatic rings. The van der Waals surface area contributed by atoms with E-state index in [1.165, 1.54) is 37.9 Å². The maximum Gasteiger partial charge on any atom is 0.0412 e. The van der Waals surface area contributed by atoms with Gasteiger partial charge in [0.05, 0.1) is 0 Å². The molecule has 0 bridgehead atoms. The fourth-order valence-electron chi connectivity index (χ4n) is 3.11. The molecule has 0 aliphatic carbocycles. The van der Waals surface area contributed by atoms with E-state index < -0.39 is 0 Å². The first kappa shape index (κ1) is 13.1. The summed E-state index contributed by atoms with van der Waals surface area (Å²) in [5.41, 5.74) is 1.29. The zero-order valence-corrected chi connectivity index (χ0v) is 13.8. The molecule has 4 aromatic carbocycles. The van der Waals surface area contributed by atoms with Gasteiger partial charge in [-0.1, -0.05) is 63.9 Å². The third-order valence-electron chi connectivity index (χ3n) is 4.09. The van der Waals surface area contributed by atoms with Crippen LogP contribution in [0, 0.1) is 6.92 Å². The molecule has 0 heterocycles. The second-order valence-electron chi connectivity index (χ2n) is 5.38. The Morgan fingerprint density at radius 3 is 2.19 bits per heavy atom. The number of benzene rings is 4. The summed E-state index contributed by atoms with van der Waals surface area (Å²) in [6.07, 6.45) is 0. The van der Waals surface area contributed by atoms with Crippen molar-refractivity contribution >= 4 is 59.8 Å². The van der Waals surface area contributed by atoms with Crippen LogP contribution in [0.4, 0.5) is 0 Å². The third kappa shape index (κ3) is 1.96. The molecule has 102 valence electrons. The lowest BCUT2D eigenvalue weighted by Gasteiger charge is -2.12. The molecule has 0 saturated carbocycles. The average Bonchev–Trinajstić information content (AvgIpc) is 2.49. The van der Waals surface area contributed by atoms with Crippen molar-refractivity contribution in [2.75, 3.05) is 0 Å². The van der Waals surface area contributed by atoms with Crippen molar-refractivity contribution in [3.8, 4) is 0 Å². The number of fused-ring (bicyclic) bond motifs is 5. The maximum atomic E-state index is 6.21. The Labute approximate surface area is 136 Å². The second-order valence-corrected chi connectivity index (χ2v) is 6.67. The fraction of sp³-hybridized carbons (Fsp3) is 0.0526. The van der Waals surface area contributed by atoms with Crippen LogP contribution in [0.15, 0.2) is 59.1 Å². The summed E-state index contributed by atoms with van der Waals surface area (Å²) >= 11 is 9.92. The summed E-state index contributed by atoms with van der Waals surface area (Å²) in [5, 5.41) is 8.27. The normalized spacial score (nSPS) is 11.6. The quantitative estimate of drug-likeness (QED) is 0.302. The number of rotatable bonds is 0. The Kier molecular flexibility index (Phi) is 2.95. The number of hydrogen-bond acceptors (Lipinski definition) is 0. The van der Waals surface area contributed by atoms with Crippen molar-refractivity contribution in [2.24, 2.45) is 0 Å². The highest BCUT2D eigenvalue weighted by Gasteiger charge is 2.10. The minimum absolute atomic E-state index is 0.771. The van der Waals surface area contributed by atoms with Crippen molar-refractivity contribution in [2.45, 2.75) is 6.92 Å². The van der Waals surface area contributed by atoms with E-state index in [2.05, 4.69) is 71.4 Å². The molecule has 0 atom stereocenters. The molecule has 0 unspecified atom stereocenters. The average molecular weight is 356 g/mol. The summed E-state index contributed by atoms with van der Waals surface area (Å²) in [5.74, 6) is 0. The van der Waals surface area contributed by atoms with E-state index in [9.17, 15) is 0 Å². The van der Waals surface area contributed by atoms with Gasteiger partial charge in [-0.15, -0.1) is 0 Å². The van der Waals surface area contributed by atoms with E-state index >= 15 is 0 Å². The Morgan fingerprint density at radius 1 is 0.714 bits per heavy atom. The van der Waals surface area contributed by atoms with Gasteiger partial charge in [0.2, 0.25) is 0 Å². The van der Waals surface area contributed by atoms with Gasteiger partial charge in [0, 0.05) is 9.50 Å².